The molecule has 0 bridgehead atoms. The molecule has 4 rings (SSSR count). The highest BCUT2D eigenvalue weighted by molar-refractivity contribution is 7.81. The van der Waals surface area contributed by atoms with Gasteiger partial charge in [0.1, 0.15) is 18.3 Å². The van der Waals surface area contributed by atoms with Crippen molar-refractivity contribution in [2.45, 2.75) is 103 Å². The van der Waals surface area contributed by atoms with Crippen LogP contribution in [0.2, 0.25) is 0 Å². The Labute approximate surface area is 280 Å². The average Bonchev–Trinajstić information content (AvgIpc) is 3.49. The van der Waals surface area contributed by atoms with Gasteiger partial charge in [-0.2, -0.15) is 0 Å². The van der Waals surface area contributed by atoms with Crippen LogP contribution in [0.5, 0.6) is 0 Å². The number of amides is 4. The average molecular weight is 678 g/mol. The number of alkyl halides is 1. The monoisotopic (exact) mass is 677 g/mol. The minimum absolute atomic E-state index is 0.0280. The van der Waals surface area contributed by atoms with Crippen molar-refractivity contribution in [2.24, 2.45) is 23.7 Å². The Kier molecular flexibility index (Phi) is 12.8. The van der Waals surface area contributed by atoms with E-state index in [1.54, 1.807) is 64.0 Å². The van der Waals surface area contributed by atoms with Gasteiger partial charge in [-0.1, -0.05) is 32.1 Å². The zero-order chi connectivity index (χ0) is 34.3. The van der Waals surface area contributed by atoms with E-state index in [1.807, 2.05) is 0 Å². The number of ether oxygens (including phenoxy) is 1. The highest BCUT2D eigenvalue weighted by Gasteiger charge is 2.47. The summed E-state index contributed by atoms with van der Waals surface area (Å²) in [6.45, 7) is 5.09. The molecule has 1 aromatic rings. The quantitative estimate of drug-likeness (QED) is 0.320. The molecule has 13 heteroatoms. The first kappa shape index (κ1) is 36.8. The van der Waals surface area contributed by atoms with Crippen molar-refractivity contribution in [3.05, 3.63) is 29.8 Å². The second-order valence-electron chi connectivity index (χ2n) is 14.4. The number of rotatable bonds is 10. The van der Waals surface area contributed by atoms with Crippen LogP contribution in [0.1, 0.15) is 95.3 Å². The number of alkyl carbamates (subject to hydrolysis) is 1. The van der Waals surface area contributed by atoms with Gasteiger partial charge in [0.25, 0.3) is 5.91 Å². The van der Waals surface area contributed by atoms with E-state index in [0.29, 0.717) is 49.4 Å². The fourth-order valence-corrected chi connectivity index (χ4v) is 7.81. The Bertz CT molecular complexity index is 1270. The summed E-state index contributed by atoms with van der Waals surface area (Å²) in [6, 6.07) is 5.13. The number of halogens is 1. The third-order valence-electron chi connectivity index (χ3n) is 9.74. The van der Waals surface area contributed by atoms with E-state index < -0.39 is 47.5 Å². The van der Waals surface area contributed by atoms with Crippen LogP contribution in [0.15, 0.2) is 24.3 Å². The van der Waals surface area contributed by atoms with Crippen LogP contribution in [0.4, 0.5) is 14.9 Å². The van der Waals surface area contributed by atoms with Crippen molar-refractivity contribution in [2.75, 3.05) is 32.6 Å². The van der Waals surface area contributed by atoms with E-state index in [1.165, 1.54) is 10.7 Å². The molecule has 3 fully saturated rings. The molecule has 0 radical (unpaired) electrons. The van der Waals surface area contributed by atoms with Crippen LogP contribution >= 0.6 is 0 Å². The van der Waals surface area contributed by atoms with Gasteiger partial charge in [0.05, 0.1) is 6.04 Å². The molecule has 262 valence electrons. The molecule has 1 heterocycles. The molecule has 2 aliphatic carbocycles. The number of hydrogen-bond acceptors (Lipinski definition) is 6. The van der Waals surface area contributed by atoms with Gasteiger partial charge in [-0.3, -0.25) is 19.1 Å². The van der Waals surface area contributed by atoms with E-state index in [2.05, 4.69) is 15.4 Å². The first-order valence-electron chi connectivity index (χ1n) is 16.9. The summed E-state index contributed by atoms with van der Waals surface area (Å²) >= 11 is -1.66. The Morgan fingerprint density at radius 1 is 0.979 bits per heavy atom. The van der Waals surface area contributed by atoms with Gasteiger partial charge < -0.3 is 20.3 Å². The van der Waals surface area contributed by atoms with Crippen molar-refractivity contribution in [1.82, 2.24) is 19.2 Å². The minimum Gasteiger partial charge on any atom is -0.444 e. The van der Waals surface area contributed by atoms with Crippen LogP contribution < -0.4 is 15.4 Å². The lowest BCUT2D eigenvalue weighted by Crippen LogP contribution is -2.50. The fraction of sp³-hybridized carbons (Fsp3) is 0.706. The number of anilines is 1. The second kappa shape index (κ2) is 16.4. The topological polar surface area (TPSA) is 137 Å². The maximum absolute atomic E-state index is 14.0. The number of hydrogen-bond donors (Lipinski definition) is 3. The molecule has 2 saturated carbocycles. The third kappa shape index (κ3) is 9.98. The van der Waals surface area contributed by atoms with Gasteiger partial charge in [-0.25, -0.2) is 17.7 Å². The Balaban J connectivity index is 1.42. The zero-order valence-corrected chi connectivity index (χ0v) is 29.2. The highest BCUT2D eigenvalue weighted by Crippen LogP contribution is 2.41. The predicted molar refractivity (Wildman–Crippen MR) is 179 cm³/mol. The van der Waals surface area contributed by atoms with Crippen molar-refractivity contribution in [3.8, 4) is 0 Å². The molecular formula is C34H52FN5O6S. The molecule has 1 aromatic carbocycles. The zero-order valence-electron chi connectivity index (χ0n) is 28.4. The van der Waals surface area contributed by atoms with Crippen LogP contribution in [0.3, 0.4) is 0 Å². The molecule has 3 N–H and O–H groups in total. The van der Waals surface area contributed by atoms with E-state index in [9.17, 15) is 27.8 Å². The number of carbonyl (C=O) groups is 4. The van der Waals surface area contributed by atoms with Gasteiger partial charge in [-0.05, 0) is 94.9 Å². The van der Waals surface area contributed by atoms with Crippen LogP contribution in [0.25, 0.3) is 0 Å². The Hall–Kier alpha value is -3.06. The van der Waals surface area contributed by atoms with Gasteiger partial charge in [0, 0.05) is 37.8 Å². The molecule has 4 amide bonds. The summed E-state index contributed by atoms with van der Waals surface area (Å²) in [5, 5.41) is 5.68. The predicted octanol–water partition coefficient (Wildman–Crippen LogP) is 4.96. The fourth-order valence-electron chi connectivity index (χ4n) is 7.35. The lowest BCUT2D eigenvalue weighted by Gasteiger charge is -2.37. The summed E-state index contributed by atoms with van der Waals surface area (Å²) in [7, 11) is 3.18. The molecule has 47 heavy (non-hydrogen) atoms. The van der Waals surface area contributed by atoms with Gasteiger partial charge >= 0.3 is 6.09 Å². The lowest BCUT2D eigenvalue weighted by atomic mass is 9.76. The minimum atomic E-state index is -1.66. The van der Waals surface area contributed by atoms with Crippen molar-refractivity contribution < 1.29 is 32.5 Å². The van der Waals surface area contributed by atoms with Crippen LogP contribution in [-0.2, 0) is 25.5 Å². The maximum Gasteiger partial charge on any atom is 0.407 e. The van der Waals surface area contributed by atoms with Gasteiger partial charge in [-0.15, -0.1) is 0 Å². The standard InChI is InChI=1S/C34H52FN5O6S/c1-34(2,3)46-33(44)37-28(21-35)23-11-13-25(14-12-23)32(43)40-20-19-27(22-9-7-6-8-10-22)29(40)31(42)36-26-17-15-24(16-18-26)30(41)38-47(45)39(4)5/h15-18,22-23,25,27-29H,6-14,19-21H2,1-5H3,(H,36,42)(H,37,44)(H,38,41)/t23?,25?,27-,28+,29-,47?/m0/s1. The van der Waals surface area contributed by atoms with E-state index in [0.717, 1.165) is 32.1 Å². The van der Waals surface area contributed by atoms with Crippen molar-refractivity contribution in [3.63, 3.8) is 0 Å². The number of nitrogens with one attached hydrogen (secondary N) is 3. The normalized spacial score (nSPS) is 25.1. The smallest absolute Gasteiger partial charge is 0.407 e. The molecule has 1 unspecified atom stereocenters. The van der Waals surface area contributed by atoms with Gasteiger partial charge in [0.2, 0.25) is 11.8 Å². The molecule has 0 spiro atoms. The molecule has 11 nitrogen and oxygen atoms in total. The largest absolute Gasteiger partial charge is 0.444 e. The molecule has 1 aliphatic heterocycles. The van der Waals surface area contributed by atoms with Crippen molar-refractivity contribution in [1.29, 1.82) is 0 Å². The third-order valence-corrected chi connectivity index (χ3v) is 10.8. The van der Waals surface area contributed by atoms with E-state index >= 15 is 0 Å². The number of benzene rings is 1. The number of carbonyl (C=O) groups excluding carboxylic acids is 4. The summed E-state index contributed by atoms with van der Waals surface area (Å²) in [6.07, 6.45) is 8.01. The van der Waals surface area contributed by atoms with Crippen LogP contribution in [0, 0.1) is 23.7 Å². The molecule has 0 aromatic heterocycles. The lowest BCUT2D eigenvalue weighted by molar-refractivity contribution is -0.142. The number of likely N-dealkylation sites (tertiary alicyclic amines) is 1. The summed E-state index contributed by atoms with van der Waals surface area (Å²) in [5.41, 5.74) is 0.136. The first-order chi connectivity index (χ1) is 22.3. The molecule has 3 aliphatic rings. The van der Waals surface area contributed by atoms with Crippen LogP contribution in [-0.4, -0.2) is 82.2 Å². The summed E-state index contributed by atoms with van der Waals surface area (Å²) in [4.78, 5) is 54.5. The van der Waals surface area contributed by atoms with E-state index in [4.69, 9.17) is 4.74 Å². The first-order valence-corrected chi connectivity index (χ1v) is 18.0. The summed E-state index contributed by atoms with van der Waals surface area (Å²) in [5.74, 6) is -0.676. The summed E-state index contributed by atoms with van der Waals surface area (Å²) < 4.78 is 35.1. The maximum atomic E-state index is 14.0. The van der Waals surface area contributed by atoms with Gasteiger partial charge in [0.15, 0.2) is 11.2 Å². The Morgan fingerprint density at radius 3 is 2.19 bits per heavy atom. The Morgan fingerprint density at radius 2 is 1.62 bits per heavy atom. The van der Waals surface area contributed by atoms with Crippen molar-refractivity contribution >= 4 is 40.7 Å². The number of nitrogens with zero attached hydrogens (tertiary/aromatic N) is 2. The SMILES string of the molecule is CN(C)S(=O)NC(=O)c1ccc(NC(=O)[C@@H]2[C@H](C3CCCCC3)CCN2C(=O)C2CCC([C@@H](CF)NC(=O)OC(C)(C)C)CC2)cc1. The second-order valence-corrected chi connectivity index (χ2v) is 15.8. The van der Waals surface area contributed by atoms with E-state index in [-0.39, 0.29) is 29.6 Å². The molecule has 4 atom stereocenters. The molecule has 1 saturated heterocycles. The molecular weight excluding hydrogens is 625 g/mol. The highest BCUT2D eigenvalue weighted by atomic mass is 32.2.